The minimum absolute atomic E-state index is 0.252. The Kier molecular flexibility index (Phi) is 5.29. The average Bonchev–Trinajstić information content (AvgIpc) is 2.82. The van der Waals surface area contributed by atoms with Gasteiger partial charge in [-0.2, -0.15) is 0 Å². The molecule has 1 fully saturated rings. The Hall–Kier alpha value is -0.560. The zero-order valence-corrected chi connectivity index (χ0v) is 17.9. The highest BCUT2D eigenvalue weighted by atomic mass is 35.5. The first-order valence-corrected chi connectivity index (χ1v) is 9.71. The van der Waals surface area contributed by atoms with Crippen LogP contribution in [0.1, 0.15) is 0 Å². The summed E-state index contributed by atoms with van der Waals surface area (Å²) in [5.74, 6) is -4.72. The first kappa shape index (κ1) is 21.2. The molecule has 1 saturated carbocycles. The fourth-order valence-electron chi connectivity index (χ4n) is 3.52. The number of hydrogen-bond acceptors (Lipinski definition) is 3. The number of nitrogens with one attached hydrogen (secondary N) is 1. The highest BCUT2D eigenvalue weighted by Crippen LogP contribution is 2.76. The maximum absolute atomic E-state index is 13.0. The third kappa shape index (κ3) is 2.59. The second-order valence-corrected chi connectivity index (χ2v) is 9.41. The van der Waals surface area contributed by atoms with Gasteiger partial charge in [-0.25, -0.2) is 0 Å². The van der Waals surface area contributed by atoms with Crippen molar-refractivity contribution in [2.45, 2.75) is 14.1 Å². The van der Waals surface area contributed by atoms with Crippen molar-refractivity contribution in [3.63, 3.8) is 0 Å². The van der Waals surface area contributed by atoms with E-state index in [4.69, 9.17) is 74.3 Å². The number of methoxy groups -OCH3 is 1. The zero-order valence-electron chi connectivity index (χ0n) is 13.4. The van der Waals surface area contributed by atoms with Crippen LogP contribution >= 0.6 is 69.6 Å². The van der Waals surface area contributed by atoms with Crippen molar-refractivity contribution >= 4 is 87.2 Å². The van der Waals surface area contributed by atoms with Crippen molar-refractivity contribution < 1.29 is 19.4 Å². The highest BCUT2D eigenvalue weighted by molar-refractivity contribution is 6.66. The summed E-state index contributed by atoms with van der Waals surface area (Å²) in [6.07, 6.45) is 0. The lowest BCUT2D eigenvalue weighted by Crippen LogP contribution is -2.47. The lowest BCUT2D eigenvalue weighted by molar-refractivity contribution is -0.146. The number of carboxylic acid groups (broad SMARTS) is 1. The van der Waals surface area contributed by atoms with Crippen LogP contribution in [0, 0.1) is 11.8 Å². The van der Waals surface area contributed by atoms with Gasteiger partial charge in [0, 0.05) is 5.69 Å². The summed E-state index contributed by atoms with van der Waals surface area (Å²) in [5.41, 5.74) is 0.373. The summed E-state index contributed by atoms with van der Waals surface area (Å²) in [5, 5.41) is 11.8. The van der Waals surface area contributed by atoms with Crippen molar-refractivity contribution in [3.8, 4) is 5.75 Å². The molecule has 0 aliphatic heterocycles. The van der Waals surface area contributed by atoms with Gasteiger partial charge >= 0.3 is 5.97 Å². The predicted octanol–water partition coefficient (Wildman–Crippen LogP) is 4.80. The third-order valence-corrected chi connectivity index (χ3v) is 9.10. The molecule has 11 heteroatoms. The Labute approximate surface area is 184 Å². The predicted molar refractivity (Wildman–Crippen MR) is 107 cm³/mol. The lowest BCUT2D eigenvalue weighted by Gasteiger charge is -2.33. The topological polar surface area (TPSA) is 75.6 Å². The van der Waals surface area contributed by atoms with Crippen LogP contribution in [0.5, 0.6) is 5.75 Å². The molecule has 0 heterocycles. The molecule has 3 rings (SSSR count). The Bertz CT molecular complexity index is 857. The fourth-order valence-corrected chi connectivity index (χ4v) is 6.46. The quantitative estimate of drug-likeness (QED) is 0.591. The maximum Gasteiger partial charge on any atom is 0.309 e. The molecule has 2 N–H and O–H groups in total. The molecule has 2 aliphatic carbocycles. The van der Waals surface area contributed by atoms with Crippen LogP contribution in [0.15, 0.2) is 34.3 Å². The molecule has 4 atom stereocenters. The van der Waals surface area contributed by atoms with Gasteiger partial charge in [-0.15, -0.1) is 23.2 Å². The van der Waals surface area contributed by atoms with Crippen molar-refractivity contribution in [2.75, 3.05) is 12.4 Å². The van der Waals surface area contributed by atoms with E-state index in [1.807, 2.05) is 0 Å². The van der Waals surface area contributed by atoms with E-state index < -0.39 is 37.8 Å². The van der Waals surface area contributed by atoms with E-state index in [2.05, 4.69) is 5.32 Å². The minimum Gasteiger partial charge on any atom is -0.497 e. The largest absolute Gasteiger partial charge is 0.497 e. The number of allylic oxidation sites excluding steroid dienone is 2. The van der Waals surface area contributed by atoms with Crippen molar-refractivity contribution in [3.05, 3.63) is 34.3 Å². The van der Waals surface area contributed by atoms with Gasteiger partial charge in [-0.05, 0) is 24.3 Å². The molecule has 1 aromatic rings. The number of halogens is 6. The van der Waals surface area contributed by atoms with Crippen LogP contribution in [-0.2, 0) is 9.59 Å². The molecule has 1 aromatic carbocycles. The summed E-state index contributed by atoms with van der Waals surface area (Å²) in [4.78, 5) is 20.8. The van der Waals surface area contributed by atoms with E-state index in [9.17, 15) is 14.7 Å². The van der Waals surface area contributed by atoms with Crippen LogP contribution in [0.25, 0.3) is 0 Å². The molecule has 0 aromatic heterocycles. The van der Waals surface area contributed by atoms with Crippen LogP contribution in [0.2, 0.25) is 0 Å². The number of carbonyl (C=O) groups is 2. The first-order chi connectivity index (χ1) is 12.4. The monoisotopic (exact) mass is 491 g/mol. The Morgan fingerprint density at radius 1 is 1.00 bits per heavy atom. The minimum atomic E-state index is -2.14. The Balaban J connectivity index is 2.05. The maximum atomic E-state index is 13.0. The highest BCUT2D eigenvalue weighted by Gasteiger charge is 2.85. The molecule has 27 heavy (non-hydrogen) atoms. The summed E-state index contributed by atoms with van der Waals surface area (Å²) in [7, 11) is 1.50. The molecule has 0 spiro atoms. The SMILES string of the molecule is COc1ccc(NC(=O)[C@@H]2[C@H](C(=O)O)[C@]3(Cl)C(Cl)=C(Cl)[C@]2(Cl)C3(Cl)Cl)cc1. The fraction of sp³-hybridized carbons (Fsp3) is 0.375. The number of aliphatic carboxylic acids is 1. The molecule has 0 radical (unpaired) electrons. The smallest absolute Gasteiger partial charge is 0.309 e. The molecule has 146 valence electrons. The van der Waals surface area contributed by atoms with E-state index in [-0.39, 0.29) is 10.1 Å². The summed E-state index contributed by atoms with van der Waals surface area (Å²) < 4.78 is 2.91. The summed E-state index contributed by atoms with van der Waals surface area (Å²) in [6.45, 7) is 0. The van der Waals surface area contributed by atoms with Crippen LogP contribution in [-0.4, -0.2) is 38.2 Å². The summed E-state index contributed by atoms with van der Waals surface area (Å²) >= 11 is 38.1. The average molecular weight is 494 g/mol. The second-order valence-electron chi connectivity index (χ2n) is 6.14. The van der Waals surface area contributed by atoms with E-state index in [0.29, 0.717) is 11.4 Å². The number of hydrogen-bond donors (Lipinski definition) is 2. The standard InChI is InChI=1S/C16H11Cl6NO4/c1-27-7-4-2-6(3-5-7)23-12(24)8-9(13(25)26)15(20)11(18)10(17)14(8,19)16(15,21)22/h2-5,8-9H,1H3,(H,23,24)(H,25,26)/t8-,9+,14-,15-/m0/s1. The van der Waals surface area contributed by atoms with Gasteiger partial charge in [0.25, 0.3) is 0 Å². The van der Waals surface area contributed by atoms with Crippen LogP contribution < -0.4 is 10.1 Å². The van der Waals surface area contributed by atoms with Crippen molar-refractivity contribution in [2.24, 2.45) is 11.8 Å². The number of benzene rings is 1. The third-order valence-electron chi connectivity index (χ3n) is 4.84. The van der Waals surface area contributed by atoms with Crippen LogP contribution in [0.4, 0.5) is 5.69 Å². The van der Waals surface area contributed by atoms with Gasteiger partial charge in [0.2, 0.25) is 5.91 Å². The number of ether oxygens (including phenoxy) is 1. The molecule has 1 amide bonds. The van der Waals surface area contributed by atoms with Gasteiger partial charge in [-0.1, -0.05) is 46.4 Å². The number of carbonyl (C=O) groups excluding carboxylic acids is 1. The number of alkyl halides is 4. The van der Waals surface area contributed by atoms with Gasteiger partial charge in [0.15, 0.2) is 4.33 Å². The van der Waals surface area contributed by atoms with Crippen molar-refractivity contribution in [1.82, 2.24) is 0 Å². The number of anilines is 1. The van der Waals surface area contributed by atoms with E-state index in [1.165, 1.54) is 7.11 Å². The Morgan fingerprint density at radius 2 is 1.48 bits per heavy atom. The van der Waals surface area contributed by atoms with Gasteiger partial charge < -0.3 is 15.2 Å². The molecule has 5 nitrogen and oxygen atoms in total. The van der Waals surface area contributed by atoms with Gasteiger partial charge in [0.05, 0.1) is 29.0 Å². The number of fused-ring (bicyclic) bond motifs is 2. The molecule has 2 bridgehead atoms. The summed E-state index contributed by atoms with van der Waals surface area (Å²) in [6, 6.07) is 6.36. The molecule has 0 saturated heterocycles. The van der Waals surface area contributed by atoms with Gasteiger partial charge in [0.1, 0.15) is 15.5 Å². The number of carboxylic acids is 1. The second kappa shape index (κ2) is 6.75. The normalized spacial score (nSPS) is 33.9. The van der Waals surface area contributed by atoms with E-state index >= 15 is 0 Å². The van der Waals surface area contributed by atoms with E-state index in [0.717, 1.165) is 0 Å². The lowest BCUT2D eigenvalue weighted by atomic mass is 9.81. The molecular weight excluding hydrogens is 483 g/mol. The van der Waals surface area contributed by atoms with Crippen molar-refractivity contribution in [1.29, 1.82) is 0 Å². The van der Waals surface area contributed by atoms with Crippen LogP contribution in [0.3, 0.4) is 0 Å². The number of amides is 1. The van der Waals surface area contributed by atoms with Gasteiger partial charge in [-0.3, -0.25) is 9.59 Å². The molecule has 2 aliphatic rings. The van der Waals surface area contributed by atoms with E-state index in [1.54, 1.807) is 24.3 Å². The molecule has 0 unspecified atom stereocenters. The first-order valence-electron chi connectivity index (χ1n) is 7.44. The molecular formula is C16H11Cl6NO4. The zero-order chi connectivity index (χ0) is 20.4. The Morgan fingerprint density at radius 3 is 1.93 bits per heavy atom. The number of rotatable bonds is 4.